The normalized spacial score (nSPS) is 12.5. The molecule has 0 amide bonds. The highest BCUT2D eigenvalue weighted by Gasteiger charge is 2.13. The number of methoxy groups -OCH3 is 1. The number of thiazole rings is 1. The lowest BCUT2D eigenvalue weighted by Crippen LogP contribution is -2.15. The molecule has 1 heterocycles. The molecular weight excluding hydrogens is 188 g/mol. The number of carbonyl (C=O) groups excluding carboxylic acids is 1. The molecular formula is C8H12N2O2S. The van der Waals surface area contributed by atoms with Gasteiger partial charge >= 0.3 is 5.97 Å². The van der Waals surface area contributed by atoms with E-state index in [9.17, 15) is 4.79 Å². The molecule has 0 bridgehead atoms. The van der Waals surface area contributed by atoms with Crippen LogP contribution in [0.15, 0.2) is 6.20 Å². The Morgan fingerprint density at radius 1 is 1.85 bits per heavy atom. The van der Waals surface area contributed by atoms with Gasteiger partial charge in [0.05, 0.1) is 24.6 Å². The van der Waals surface area contributed by atoms with Crippen molar-refractivity contribution in [1.29, 1.82) is 0 Å². The first-order valence-corrected chi connectivity index (χ1v) is 4.70. The standard InChI is InChI=1S/C8H12N2O2S/c1-5-10-4-7(13-5)6(9)3-8(11)12-2/h4,6H,3,9H2,1-2H3/t6-/m0/s1. The third-order valence-electron chi connectivity index (χ3n) is 1.62. The molecule has 4 nitrogen and oxygen atoms in total. The Balaban J connectivity index is 2.58. The van der Waals surface area contributed by atoms with Crippen LogP contribution in [0.5, 0.6) is 0 Å². The first kappa shape index (κ1) is 10.1. The van der Waals surface area contributed by atoms with Crippen LogP contribution in [0.1, 0.15) is 22.3 Å². The fraction of sp³-hybridized carbons (Fsp3) is 0.500. The average Bonchev–Trinajstić information content (AvgIpc) is 2.51. The van der Waals surface area contributed by atoms with Gasteiger partial charge in [-0.3, -0.25) is 4.79 Å². The van der Waals surface area contributed by atoms with Crippen molar-refractivity contribution in [2.24, 2.45) is 5.73 Å². The molecule has 72 valence electrons. The molecule has 2 N–H and O–H groups in total. The molecule has 0 radical (unpaired) electrons. The molecule has 0 spiro atoms. The second kappa shape index (κ2) is 4.34. The van der Waals surface area contributed by atoms with E-state index < -0.39 is 0 Å². The van der Waals surface area contributed by atoms with Gasteiger partial charge in [0.25, 0.3) is 0 Å². The van der Waals surface area contributed by atoms with Gasteiger partial charge in [0, 0.05) is 11.1 Å². The monoisotopic (exact) mass is 200 g/mol. The summed E-state index contributed by atoms with van der Waals surface area (Å²) in [5.74, 6) is -0.293. The van der Waals surface area contributed by atoms with E-state index in [1.807, 2.05) is 6.92 Å². The molecule has 0 fully saturated rings. The number of carbonyl (C=O) groups is 1. The van der Waals surface area contributed by atoms with Crippen molar-refractivity contribution < 1.29 is 9.53 Å². The molecule has 13 heavy (non-hydrogen) atoms. The van der Waals surface area contributed by atoms with Crippen molar-refractivity contribution >= 4 is 17.3 Å². The number of esters is 1. The zero-order valence-electron chi connectivity index (χ0n) is 7.61. The molecule has 0 aliphatic carbocycles. The summed E-state index contributed by atoms with van der Waals surface area (Å²) >= 11 is 1.50. The Labute approximate surface area is 80.7 Å². The number of rotatable bonds is 3. The van der Waals surface area contributed by atoms with Crippen molar-refractivity contribution in [3.05, 3.63) is 16.1 Å². The van der Waals surface area contributed by atoms with Crippen LogP contribution >= 0.6 is 11.3 Å². The number of nitrogens with zero attached hydrogens (tertiary/aromatic N) is 1. The third kappa shape index (κ3) is 2.78. The zero-order valence-corrected chi connectivity index (χ0v) is 8.43. The summed E-state index contributed by atoms with van der Waals surface area (Å²) < 4.78 is 4.51. The number of ether oxygens (including phenoxy) is 1. The Bertz CT molecular complexity index is 298. The summed E-state index contributed by atoms with van der Waals surface area (Å²) in [5.41, 5.74) is 5.75. The first-order valence-electron chi connectivity index (χ1n) is 3.88. The van der Waals surface area contributed by atoms with E-state index >= 15 is 0 Å². The van der Waals surface area contributed by atoms with E-state index in [0.29, 0.717) is 0 Å². The molecule has 0 aliphatic heterocycles. The molecule has 1 aromatic heterocycles. The lowest BCUT2D eigenvalue weighted by atomic mass is 10.2. The van der Waals surface area contributed by atoms with Gasteiger partial charge in [-0.2, -0.15) is 0 Å². The summed E-state index contributed by atoms with van der Waals surface area (Å²) in [5, 5.41) is 0.954. The SMILES string of the molecule is COC(=O)C[C@H](N)c1cnc(C)s1. The lowest BCUT2D eigenvalue weighted by molar-refractivity contribution is -0.141. The van der Waals surface area contributed by atoms with Gasteiger partial charge in [-0.15, -0.1) is 11.3 Å². The van der Waals surface area contributed by atoms with Crippen molar-refractivity contribution in [3.63, 3.8) is 0 Å². The summed E-state index contributed by atoms with van der Waals surface area (Å²) in [6.07, 6.45) is 1.91. The molecule has 0 aliphatic rings. The molecule has 0 saturated heterocycles. The molecule has 0 aromatic carbocycles. The van der Waals surface area contributed by atoms with Crippen LogP contribution in [0.25, 0.3) is 0 Å². The lowest BCUT2D eigenvalue weighted by Gasteiger charge is -2.05. The van der Waals surface area contributed by atoms with E-state index in [0.717, 1.165) is 9.88 Å². The largest absolute Gasteiger partial charge is 0.469 e. The smallest absolute Gasteiger partial charge is 0.307 e. The summed E-state index contributed by atoms with van der Waals surface area (Å²) in [6.45, 7) is 1.90. The van der Waals surface area contributed by atoms with Gasteiger partial charge in [-0.25, -0.2) is 4.98 Å². The van der Waals surface area contributed by atoms with E-state index in [2.05, 4.69) is 9.72 Å². The van der Waals surface area contributed by atoms with Crippen molar-refractivity contribution in [2.75, 3.05) is 7.11 Å². The topological polar surface area (TPSA) is 65.2 Å². The van der Waals surface area contributed by atoms with Gasteiger partial charge in [-0.05, 0) is 6.92 Å². The van der Waals surface area contributed by atoms with Crippen molar-refractivity contribution in [1.82, 2.24) is 4.98 Å². The first-order chi connectivity index (χ1) is 6.13. The quantitative estimate of drug-likeness (QED) is 0.740. The highest BCUT2D eigenvalue weighted by Crippen LogP contribution is 2.20. The average molecular weight is 200 g/mol. The van der Waals surface area contributed by atoms with Crippen LogP contribution < -0.4 is 5.73 Å². The van der Waals surface area contributed by atoms with Gasteiger partial charge in [-0.1, -0.05) is 0 Å². The zero-order chi connectivity index (χ0) is 9.84. The molecule has 5 heteroatoms. The highest BCUT2D eigenvalue weighted by molar-refractivity contribution is 7.11. The molecule has 0 unspecified atom stereocenters. The summed E-state index contributed by atoms with van der Waals surface area (Å²) in [6, 6.07) is -0.293. The van der Waals surface area contributed by atoms with Gasteiger partial charge in [0.1, 0.15) is 0 Å². The number of hydrogen-bond acceptors (Lipinski definition) is 5. The van der Waals surface area contributed by atoms with Gasteiger partial charge in [0.2, 0.25) is 0 Å². The fourth-order valence-electron chi connectivity index (χ4n) is 0.913. The van der Waals surface area contributed by atoms with Crippen LogP contribution in [0.3, 0.4) is 0 Å². The van der Waals surface area contributed by atoms with Crippen LogP contribution in [0, 0.1) is 6.92 Å². The maximum Gasteiger partial charge on any atom is 0.307 e. The van der Waals surface area contributed by atoms with Crippen molar-refractivity contribution in [2.45, 2.75) is 19.4 Å². The molecule has 1 atom stereocenters. The second-order valence-electron chi connectivity index (χ2n) is 2.67. The van der Waals surface area contributed by atoms with Crippen molar-refractivity contribution in [3.8, 4) is 0 Å². The number of nitrogens with two attached hydrogens (primary N) is 1. The van der Waals surface area contributed by atoms with Gasteiger partial charge in [0.15, 0.2) is 0 Å². The summed E-state index contributed by atoms with van der Waals surface area (Å²) in [4.78, 5) is 15.9. The van der Waals surface area contributed by atoms with Gasteiger partial charge < -0.3 is 10.5 Å². The van der Waals surface area contributed by atoms with E-state index in [1.165, 1.54) is 18.4 Å². The number of hydrogen-bond donors (Lipinski definition) is 1. The predicted octanol–water partition coefficient (Wildman–Crippen LogP) is 1.01. The molecule has 1 rings (SSSR count). The highest BCUT2D eigenvalue weighted by atomic mass is 32.1. The number of aryl methyl sites for hydroxylation is 1. The molecule has 1 aromatic rings. The fourth-order valence-corrected chi connectivity index (χ4v) is 1.70. The Kier molecular flexibility index (Phi) is 3.39. The van der Waals surface area contributed by atoms with E-state index in [-0.39, 0.29) is 18.4 Å². The van der Waals surface area contributed by atoms with Crippen LogP contribution in [-0.2, 0) is 9.53 Å². The predicted molar refractivity (Wildman–Crippen MR) is 50.4 cm³/mol. The second-order valence-corrected chi connectivity index (χ2v) is 3.93. The molecule has 0 saturated carbocycles. The minimum absolute atomic E-state index is 0.206. The summed E-state index contributed by atoms with van der Waals surface area (Å²) in [7, 11) is 1.35. The third-order valence-corrected chi connectivity index (χ3v) is 2.66. The van der Waals surface area contributed by atoms with Crippen LogP contribution in [0.4, 0.5) is 0 Å². The minimum Gasteiger partial charge on any atom is -0.469 e. The van der Waals surface area contributed by atoms with Crippen LogP contribution in [0.2, 0.25) is 0 Å². The minimum atomic E-state index is -0.293. The Hall–Kier alpha value is -0.940. The Morgan fingerprint density at radius 3 is 3.00 bits per heavy atom. The van der Waals surface area contributed by atoms with E-state index in [1.54, 1.807) is 6.20 Å². The maximum absolute atomic E-state index is 10.9. The van der Waals surface area contributed by atoms with Crippen LogP contribution in [-0.4, -0.2) is 18.1 Å². The Morgan fingerprint density at radius 2 is 2.54 bits per heavy atom. The van der Waals surface area contributed by atoms with E-state index in [4.69, 9.17) is 5.73 Å². The maximum atomic E-state index is 10.9. The number of aromatic nitrogens is 1.